The summed E-state index contributed by atoms with van der Waals surface area (Å²) in [6.45, 7) is 0.400. The summed E-state index contributed by atoms with van der Waals surface area (Å²) >= 11 is 5.71. The molecule has 100 valence electrons. The van der Waals surface area contributed by atoms with E-state index in [0.717, 1.165) is 10.9 Å². The molecule has 3 aromatic heterocycles. The molecular weight excluding hydrogens is 276 g/mol. The minimum Gasteiger partial charge on any atom is -0.348 e. The van der Waals surface area contributed by atoms with Crippen molar-refractivity contribution in [1.82, 2.24) is 20.3 Å². The zero-order valence-electron chi connectivity index (χ0n) is 10.4. The number of aromatic nitrogens is 3. The Morgan fingerprint density at radius 3 is 2.95 bits per heavy atom. The fraction of sp³-hybridized carbons (Fsp3) is 0.0714. The van der Waals surface area contributed by atoms with Gasteiger partial charge in [0, 0.05) is 30.5 Å². The molecule has 3 aromatic rings. The maximum Gasteiger partial charge on any atom is 0.252 e. The molecule has 0 unspecified atom stereocenters. The first kappa shape index (κ1) is 12.6. The highest BCUT2D eigenvalue weighted by Gasteiger charge is 2.10. The van der Waals surface area contributed by atoms with Gasteiger partial charge < -0.3 is 10.3 Å². The number of carbonyl (C=O) groups is 1. The van der Waals surface area contributed by atoms with Crippen molar-refractivity contribution >= 4 is 28.5 Å². The lowest BCUT2D eigenvalue weighted by molar-refractivity contribution is 0.0952. The predicted molar refractivity (Wildman–Crippen MR) is 76.5 cm³/mol. The van der Waals surface area contributed by atoms with Crippen molar-refractivity contribution in [3.05, 3.63) is 59.1 Å². The number of rotatable bonds is 3. The highest BCUT2D eigenvalue weighted by Crippen LogP contribution is 2.15. The molecule has 3 heterocycles. The number of H-pyrrole nitrogens is 1. The number of fused-ring (bicyclic) bond motifs is 1. The molecule has 6 heteroatoms. The van der Waals surface area contributed by atoms with Gasteiger partial charge in [0.25, 0.3) is 5.91 Å². The Hall–Kier alpha value is -2.40. The van der Waals surface area contributed by atoms with Crippen LogP contribution in [0.5, 0.6) is 0 Å². The second kappa shape index (κ2) is 5.30. The lowest BCUT2D eigenvalue weighted by atomic mass is 10.1. The largest absolute Gasteiger partial charge is 0.348 e. The number of pyridine rings is 2. The van der Waals surface area contributed by atoms with Crippen molar-refractivity contribution in [2.45, 2.75) is 6.54 Å². The highest BCUT2D eigenvalue weighted by atomic mass is 35.5. The number of hydrogen-bond donors (Lipinski definition) is 2. The highest BCUT2D eigenvalue weighted by molar-refractivity contribution is 6.29. The quantitative estimate of drug-likeness (QED) is 0.727. The Kier molecular flexibility index (Phi) is 3.35. The second-order valence-corrected chi connectivity index (χ2v) is 4.66. The molecule has 0 bridgehead atoms. The lowest BCUT2D eigenvalue weighted by Crippen LogP contribution is -2.23. The van der Waals surface area contributed by atoms with Crippen LogP contribution in [0.4, 0.5) is 0 Å². The molecule has 0 spiro atoms. The molecule has 0 fully saturated rings. The molecule has 3 rings (SSSR count). The number of amides is 1. The maximum atomic E-state index is 12.2. The van der Waals surface area contributed by atoms with Crippen molar-refractivity contribution in [1.29, 1.82) is 0 Å². The first-order chi connectivity index (χ1) is 9.74. The van der Waals surface area contributed by atoms with Gasteiger partial charge in [-0.3, -0.25) is 4.79 Å². The van der Waals surface area contributed by atoms with Gasteiger partial charge >= 0.3 is 0 Å². The minimum atomic E-state index is -0.146. The van der Waals surface area contributed by atoms with E-state index in [0.29, 0.717) is 22.9 Å². The zero-order chi connectivity index (χ0) is 13.9. The molecule has 2 N–H and O–H groups in total. The Labute approximate surface area is 120 Å². The number of halogens is 1. The van der Waals surface area contributed by atoms with E-state index < -0.39 is 0 Å². The van der Waals surface area contributed by atoms with Crippen LogP contribution in [0.3, 0.4) is 0 Å². The summed E-state index contributed by atoms with van der Waals surface area (Å²) in [6.07, 6.45) is 5.01. The molecule has 5 nitrogen and oxygen atoms in total. The average Bonchev–Trinajstić information content (AvgIpc) is 2.94. The third-order valence-electron chi connectivity index (χ3n) is 2.95. The molecule has 0 aliphatic carbocycles. The van der Waals surface area contributed by atoms with Crippen LogP contribution in [-0.2, 0) is 6.54 Å². The molecule has 1 amide bonds. The van der Waals surface area contributed by atoms with Crippen LogP contribution in [0.2, 0.25) is 5.15 Å². The summed E-state index contributed by atoms with van der Waals surface area (Å²) in [5.74, 6) is -0.146. The van der Waals surface area contributed by atoms with E-state index in [9.17, 15) is 4.79 Å². The van der Waals surface area contributed by atoms with Crippen molar-refractivity contribution in [3.8, 4) is 0 Å². The maximum absolute atomic E-state index is 12.2. The molecule has 20 heavy (non-hydrogen) atoms. The molecule has 0 saturated heterocycles. The van der Waals surface area contributed by atoms with Crippen molar-refractivity contribution in [2.75, 3.05) is 0 Å². The lowest BCUT2D eigenvalue weighted by Gasteiger charge is -2.06. The molecule has 0 atom stereocenters. The van der Waals surface area contributed by atoms with Crippen LogP contribution < -0.4 is 5.32 Å². The Morgan fingerprint density at radius 1 is 1.25 bits per heavy atom. The van der Waals surface area contributed by atoms with Gasteiger partial charge in [-0.15, -0.1) is 0 Å². The fourth-order valence-corrected chi connectivity index (χ4v) is 2.06. The topological polar surface area (TPSA) is 70.7 Å². The van der Waals surface area contributed by atoms with E-state index in [1.54, 1.807) is 30.7 Å². The molecule has 0 aliphatic rings. The first-order valence-electron chi connectivity index (χ1n) is 6.05. The number of nitrogens with zero attached hydrogens (tertiary/aromatic N) is 2. The standard InChI is InChI=1S/C14H11ClN4O/c15-12-2-1-9(7-18-12)8-19-14(20)11-4-6-17-13-10(11)3-5-16-13/h1-7H,8H2,(H,16,17)(H,19,20). The summed E-state index contributed by atoms with van der Waals surface area (Å²) in [7, 11) is 0. The fourth-order valence-electron chi connectivity index (χ4n) is 1.95. The van der Waals surface area contributed by atoms with Gasteiger partial charge in [0.2, 0.25) is 0 Å². The summed E-state index contributed by atoms with van der Waals surface area (Å²) < 4.78 is 0. The summed E-state index contributed by atoms with van der Waals surface area (Å²) in [6, 6.07) is 7.06. The van der Waals surface area contributed by atoms with Crippen LogP contribution in [0, 0.1) is 0 Å². The Balaban J connectivity index is 1.76. The van der Waals surface area contributed by atoms with Gasteiger partial charge in [0.05, 0.1) is 5.56 Å². The third-order valence-corrected chi connectivity index (χ3v) is 3.17. The Morgan fingerprint density at radius 2 is 2.15 bits per heavy atom. The van der Waals surface area contributed by atoms with Crippen LogP contribution in [0.25, 0.3) is 11.0 Å². The van der Waals surface area contributed by atoms with Crippen LogP contribution in [0.1, 0.15) is 15.9 Å². The number of hydrogen-bond acceptors (Lipinski definition) is 3. The van der Waals surface area contributed by atoms with Gasteiger partial charge in [-0.2, -0.15) is 0 Å². The first-order valence-corrected chi connectivity index (χ1v) is 6.42. The third kappa shape index (κ3) is 2.48. The van der Waals surface area contributed by atoms with Gasteiger partial charge in [-0.1, -0.05) is 17.7 Å². The second-order valence-electron chi connectivity index (χ2n) is 4.27. The molecule has 0 saturated carbocycles. The number of nitrogens with one attached hydrogen (secondary N) is 2. The SMILES string of the molecule is O=C(NCc1ccc(Cl)nc1)c1ccnc2[nH]ccc12. The van der Waals surface area contributed by atoms with E-state index in [1.165, 1.54) is 0 Å². The minimum absolute atomic E-state index is 0.146. The van der Waals surface area contributed by atoms with Gasteiger partial charge in [-0.05, 0) is 23.8 Å². The number of carbonyl (C=O) groups excluding carboxylic acids is 1. The summed E-state index contributed by atoms with van der Waals surface area (Å²) in [4.78, 5) is 23.3. The molecular formula is C14H11ClN4O. The summed E-state index contributed by atoms with van der Waals surface area (Å²) in [5, 5.41) is 4.09. The van der Waals surface area contributed by atoms with E-state index in [4.69, 9.17) is 11.6 Å². The zero-order valence-corrected chi connectivity index (χ0v) is 11.2. The average molecular weight is 287 g/mol. The smallest absolute Gasteiger partial charge is 0.252 e. The van der Waals surface area contributed by atoms with E-state index in [1.807, 2.05) is 12.1 Å². The predicted octanol–water partition coefficient (Wildman–Crippen LogP) is 2.54. The van der Waals surface area contributed by atoms with Crippen molar-refractivity contribution in [3.63, 3.8) is 0 Å². The van der Waals surface area contributed by atoms with Crippen LogP contribution in [-0.4, -0.2) is 20.9 Å². The summed E-state index contributed by atoms with van der Waals surface area (Å²) in [5.41, 5.74) is 2.19. The van der Waals surface area contributed by atoms with Crippen LogP contribution in [0.15, 0.2) is 42.9 Å². The van der Waals surface area contributed by atoms with E-state index >= 15 is 0 Å². The van der Waals surface area contributed by atoms with Gasteiger partial charge in [0.15, 0.2) is 0 Å². The van der Waals surface area contributed by atoms with Crippen molar-refractivity contribution in [2.24, 2.45) is 0 Å². The van der Waals surface area contributed by atoms with Gasteiger partial charge in [0.1, 0.15) is 10.8 Å². The van der Waals surface area contributed by atoms with Crippen LogP contribution >= 0.6 is 11.6 Å². The normalized spacial score (nSPS) is 10.7. The molecule has 0 aliphatic heterocycles. The van der Waals surface area contributed by atoms with E-state index in [2.05, 4.69) is 20.3 Å². The van der Waals surface area contributed by atoms with Gasteiger partial charge in [-0.25, -0.2) is 9.97 Å². The Bertz CT molecular complexity index is 751. The van der Waals surface area contributed by atoms with Crippen molar-refractivity contribution < 1.29 is 4.79 Å². The monoisotopic (exact) mass is 286 g/mol. The molecule has 0 radical (unpaired) electrons. The van der Waals surface area contributed by atoms with E-state index in [-0.39, 0.29) is 5.91 Å². The number of aromatic amines is 1. The molecule has 0 aromatic carbocycles.